The Labute approximate surface area is 72.8 Å². The molecule has 1 rings (SSSR count). The second kappa shape index (κ2) is 4.09. The van der Waals surface area contributed by atoms with E-state index >= 15 is 0 Å². The van der Waals surface area contributed by atoms with Crippen LogP contribution in [-0.4, -0.2) is 14.9 Å². The highest BCUT2D eigenvalue weighted by Crippen LogP contribution is 2.01. The highest BCUT2D eigenvalue weighted by molar-refractivity contribution is 4.95. The van der Waals surface area contributed by atoms with Gasteiger partial charge in [-0.1, -0.05) is 13.8 Å². The van der Waals surface area contributed by atoms with E-state index in [9.17, 15) is 0 Å². The van der Waals surface area contributed by atoms with Crippen LogP contribution < -0.4 is 5.84 Å². The van der Waals surface area contributed by atoms with Crippen molar-refractivity contribution in [1.82, 2.24) is 14.9 Å². The summed E-state index contributed by atoms with van der Waals surface area (Å²) in [5, 5.41) is 8.02. The number of hydrogen-bond acceptors (Lipinski definition) is 3. The van der Waals surface area contributed by atoms with Crippen molar-refractivity contribution in [3.63, 3.8) is 0 Å². The summed E-state index contributed by atoms with van der Waals surface area (Å²) in [6, 6.07) is 0. The average Bonchev–Trinajstić information content (AvgIpc) is 2.38. The molecule has 0 fully saturated rings. The van der Waals surface area contributed by atoms with E-state index < -0.39 is 0 Å². The normalized spacial score (nSPS) is 10.5. The Morgan fingerprint density at radius 2 is 1.50 bits per heavy atom. The number of nitrogens with two attached hydrogens (primary N) is 1. The summed E-state index contributed by atoms with van der Waals surface area (Å²) in [6.45, 7) is 4.21. The van der Waals surface area contributed by atoms with E-state index in [1.165, 1.54) is 0 Å². The molecule has 12 heavy (non-hydrogen) atoms. The lowest BCUT2D eigenvalue weighted by Gasteiger charge is -2.00. The second-order valence-corrected chi connectivity index (χ2v) is 2.90. The summed E-state index contributed by atoms with van der Waals surface area (Å²) in [6.07, 6.45) is 3.93. The Balaban J connectivity index is 2.74. The summed E-state index contributed by atoms with van der Waals surface area (Å²) >= 11 is 0. The van der Waals surface area contributed by atoms with Crippen molar-refractivity contribution in [2.75, 3.05) is 5.84 Å². The number of nitrogen functional groups attached to an aromatic ring is 1. The minimum atomic E-state index is 0.890. The highest BCUT2D eigenvalue weighted by Gasteiger charge is 2.06. The van der Waals surface area contributed by atoms with Gasteiger partial charge in [-0.3, -0.25) is 0 Å². The number of aryl methyl sites for hydroxylation is 2. The van der Waals surface area contributed by atoms with Crippen LogP contribution >= 0.6 is 0 Å². The Kier molecular flexibility index (Phi) is 3.08. The molecule has 1 aromatic rings. The van der Waals surface area contributed by atoms with Gasteiger partial charge in [0.2, 0.25) is 0 Å². The summed E-state index contributed by atoms with van der Waals surface area (Å²) in [5.41, 5.74) is 0. The third-order valence-electron chi connectivity index (χ3n) is 1.78. The molecule has 0 aliphatic heterocycles. The van der Waals surface area contributed by atoms with E-state index in [4.69, 9.17) is 5.84 Å². The summed E-state index contributed by atoms with van der Waals surface area (Å²) in [4.78, 5) is 0. The molecule has 0 bridgehead atoms. The first kappa shape index (κ1) is 9.03. The third-order valence-corrected chi connectivity index (χ3v) is 1.78. The molecule has 0 aromatic carbocycles. The van der Waals surface area contributed by atoms with Crippen LogP contribution in [0.4, 0.5) is 0 Å². The van der Waals surface area contributed by atoms with E-state index in [-0.39, 0.29) is 0 Å². The van der Waals surface area contributed by atoms with Gasteiger partial charge < -0.3 is 5.84 Å². The second-order valence-electron chi connectivity index (χ2n) is 2.90. The molecule has 0 aliphatic rings. The minimum Gasteiger partial charge on any atom is -0.336 e. The van der Waals surface area contributed by atoms with Gasteiger partial charge >= 0.3 is 0 Å². The van der Waals surface area contributed by atoms with Crippen LogP contribution in [0.5, 0.6) is 0 Å². The van der Waals surface area contributed by atoms with Crippen LogP contribution in [0.3, 0.4) is 0 Å². The third kappa shape index (κ3) is 1.75. The van der Waals surface area contributed by atoms with Crippen molar-refractivity contribution >= 4 is 0 Å². The lowest BCUT2D eigenvalue weighted by atomic mass is 10.3. The molecule has 0 saturated carbocycles. The average molecular weight is 168 g/mol. The zero-order valence-electron chi connectivity index (χ0n) is 7.75. The van der Waals surface area contributed by atoms with Gasteiger partial charge in [0.25, 0.3) is 0 Å². The summed E-state index contributed by atoms with van der Waals surface area (Å²) < 4.78 is 1.62. The van der Waals surface area contributed by atoms with Crippen molar-refractivity contribution in [3.8, 4) is 0 Å². The molecule has 0 radical (unpaired) electrons. The Bertz CT molecular complexity index is 218. The van der Waals surface area contributed by atoms with Gasteiger partial charge in [0, 0.05) is 12.8 Å². The maximum absolute atomic E-state index is 5.77. The minimum absolute atomic E-state index is 0.890. The topological polar surface area (TPSA) is 56.7 Å². The molecule has 0 amide bonds. The molecule has 68 valence electrons. The zero-order chi connectivity index (χ0) is 8.97. The maximum atomic E-state index is 5.77. The van der Waals surface area contributed by atoms with E-state index in [0.717, 1.165) is 37.3 Å². The molecular weight excluding hydrogens is 152 g/mol. The van der Waals surface area contributed by atoms with E-state index in [0.29, 0.717) is 0 Å². The molecule has 0 atom stereocenters. The molecule has 0 spiro atoms. The van der Waals surface area contributed by atoms with Crippen LogP contribution in [-0.2, 0) is 12.8 Å². The quantitative estimate of drug-likeness (QED) is 0.679. The monoisotopic (exact) mass is 168 g/mol. The van der Waals surface area contributed by atoms with Crippen molar-refractivity contribution in [3.05, 3.63) is 11.6 Å². The lowest BCUT2D eigenvalue weighted by molar-refractivity contribution is 0.746. The van der Waals surface area contributed by atoms with Crippen molar-refractivity contribution in [2.45, 2.75) is 39.5 Å². The van der Waals surface area contributed by atoms with Gasteiger partial charge in [-0.25, -0.2) is 4.68 Å². The van der Waals surface area contributed by atoms with Gasteiger partial charge in [0.15, 0.2) is 11.6 Å². The smallest absolute Gasteiger partial charge is 0.151 e. The standard InChI is InChI=1S/C8H16N4/c1-3-5-7-10-11-8(6-4-2)12(7)9/h3-6,9H2,1-2H3. The van der Waals surface area contributed by atoms with E-state index in [2.05, 4.69) is 24.0 Å². The number of nitrogens with zero attached hydrogens (tertiary/aromatic N) is 3. The molecule has 1 heterocycles. The molecule has 0 saturated heterocycles. The van der Waals surface area contributed by atoms with Crippen LogP contribution in [0.15, 0.2) is 0 Å². The van der Waals surface area contributed by atoms with Crippen molar-refractivity contribution < 1.29 is 0 Å². The van der Waals surface area contributed by atoms with Crippen LogP contribution in [0.1, 0.15) is 38.3 Å². The van der Waals surface area contributed by atoms with Gasteiger partial charge in [-0.2, -0.15) is 0 Å². The first-order chi connectivity index (χ1) is 5.79. The maximum Gasteiger partial charge on any atom is 0.151 e. The molecule has 4 heteroatoms. The van der Waals surface area contributed by atoms with Gasteiger partial charge in [-0.15, -0.1) is 10.2 Å². The van der Waals surface area contributed by atoms with E-state index in [1.807, 2.05) is 0 Å². The predicted molar refractivity (Wildman–Crippen MR) is 48.2 cm³/mol. The fourth-order valence-electron chi connectivity index (χ4n) is 1.15. The molecule has 0 unspecified atom stereocenters. The Hall–Kier alpha value is -1.06. The number of rotatable bonds is 4. The molecule has 1 aromatic heterocycles. The molecule has 2 N–H and O–H groups in total. The first-order valence-corrected chi connectivity index (χ1v) is 4.47. The molecular formula is C8H16N4. The van der Waals surface area contributed by atoms with Crippen molar-refractivity contribution in [2.24, 2.45) is 0 Å². The lowest BCUT2D eigenvalue weighted by Crippen LogP contribution is -2.16. The largest absolute Gasteiger partial charge is 0.336 e. The summed E-state index contributed by atoms with van der Waals surface area (Å²) in [5.74, 6) is 7.55. The highest BCUT2D eigenvalue weighted by atomic mass is 15.4. The fourth-order valence-corrected chi connectivity index (χ4v) is 1.15. The van der Waals surface area contributed by atoms with Gasteiger partial charge in [-0.05, 0) is 12.8 Å². The van der Waals surface area contributed by atoms with Crippen LogP contribution in [0.25, 0.3) is 0 Å². The first-order valence-electron chi connectivity index (χ1n) is 4.47. The number of hydrogen-bond donors (Lipinski definition) is 1. The predicted octanol–water partition coefficient (Wildman–Crippen LogP) is 0.897. The number of aromatic nitrogens is 3. The fraction of sp³-hybridized carbons (Fsp3) is 0.750. The Morgan fingerprint density at radius 3 is 1.83 bits per heavy atom. The van der Waals surface area contributed by atoms with Crippen LogP contribution in [0.2, 0.25) is 0 Å². The van der Waals surface area contributed by atoms with Gasteiger partial charge in [0.05, 0.1) is 0 Å². The molecule has 0 aliphatic carbocycles. The van der Waals surface area contributed by atoms with Crippen LogP contribution in [0, 0.1) is 0 Å². The van der Waals surface area contributed by atoms with Crippen molar-refractivity contribution in [1.29, 1.82) is 0 Å². The zero-order valence-corrected chi connectivity index (χ0v) is 7.75. The molecule has 4 nitrogen and oxygen atoms in total. The Morgan fingerprint density at radius 1 is 1.08 bits per heavy atom. The summed E-state index contributed by atoms with van der Waals surface area (Å²) in [7, 11) is 0. The van der Waals surface area contributed by atoms with E-state index in [1.54, 1.807) is 4.68 Å². The van der Waals surface area contributed by atoms with Gasteiger partial charge in [0.1, 0.15) is 0 Å². The SMILES string of the molecule is CCCc1nnc(CCC)n1N.